The zero-order chi connectivity index (χ0) is 16.7. The van der Waals surface area contributed by atoms with Gasteiger partial charge in [0.05, 0.1) is 18.0 Å². The first-order valence-corrected chi connectivity index (χ1v) is 6.84. The number of nitrogens with two attached hydrogens (primary N) is 1. The normalized spacial score (nSPS) is 10.4. The number of rotatable bonds is 7. The average Bonchev–Trinajstić information content (AvgIpc) is 2.49. The molecule has 0 aromatic heterocycles. The van der Waals surface area contributed by atoms with Gasteiger partial charge in [-0.2, -0.15) is 0 Å². The van der Waals surface area contributed by atoms with Crippen molar-refractivity contribution in [2.75, 3.05) is 13.1 Å². The van der Waals surface area contributed by atoms with Gasteiger partial charge in [-0.05, 0) is 19.4 Å². The van der Waals surface area contributed by atoms with Crippen molar-refractivity contribution in [1.29, 1.82) is 0 Å². The number of hydrogen-bond acceptors (Lipinski definition) is 5. The van der Waals surface area contributed by atoms with Crippen molar-refractivity contribution in [3.05, 3.63) is 39.9 Å². The van der Waals surface area contributed by atoms with Crippen LogP contribution in [0.2, 0.25) is 0 Å². The van der Waals surface area contributed by atoms with E-state index in [0.717, 1.165) is 5.56 Å². The van der Waals surface area contributed by atoms with E-state index in [9.17, 15) is 19.7 Å². The van der Waals surface area contributed by atoms with Crippen LogP contribution in [0.3, 0.4) is 0 Å². The van der Waals surface area contributed by atoms with Gasteiger partial charge in [-0.15, -0.1) is 0 Å². The Labute approximate surface area is 128 Å². The predicted octanol–water partition coefficient (Wildman–Crippen LogP) is 0.407. The van der Waals surface area contributed by atoms with Gasteiger partial charge in [0, 0.05) is 24.7 Å². The van der Waals surface area contributed by atoms with E-state index in [-0.39, 0.29) is 30.7 Å². The van der Waals surface area contributed by atoms with Crippen molar-refractivity contribution >= 4 is 17.5 Å². The van der Waals surface area contributed by atoms with Crippen molar-refractivity contribution in [1.82, 2.24) is 10.2 Å². The van der Waals surface area contributed by atoms with Crippen LogP contribution in [0.5, 0.6) is 0 Å². The molecule has 1 rings (SSSR count). The number of nitrogens with one attached hydrogen (secondary N) is 1. The van der Waals surface area contributed by atoms with Crippen LogP contribution >= 0.6 is 0 Å². The molecule has 3 N–H and O–H groups in total. The van der Waals surface area contributed by atoms with Gasteiger partial charge in [0.1, 0.15) is 0 Å². The predicted molar refractivity (Wildman–Crippen MR) is 80.8 cm³/mol. The summed E-state index contributed by atoms with van der Waals surface area (Å²) in [5, 5.41) is 13.1. The van der Waals surface area contributed by atoms with E-state index in [0.29, 0.717) is 6.54 Å². The lowest BCUT2D eigenvalue weighted by molar-refractivity contribution is -0.384. The Morgan fingerprint density at radius 1 is 1.32 bits per heavy atom. The summed E-state index contributed by atoms with van der Waals surface area (Å²) in [5.74, 6) is -0.637. The molecule has 2 amide bonds. The monoisotopic (exact) mass is 308 g/mol. The van der Waals surface area contributed by atoms with Crippen LogP contribution in [0.4, 0.5) is 5.69 Å². The highest BCUT2D eigenvalue weighted by Gasteiger charge is 2.18. The van der Waals surface area contributed by atoms with Crippen LogP contribution in [-0.2, 0) is 16.1 Å². The lowest BCUT2D eigenvalue weighted by atomic mass is 10.1. The second-order valence-electron chi connectivity index (χ2n) is 5.02. The third kappa shape index (κ3) is 5.13. The molecule has 0 aliphatic carbocycles. The molecule has 0 unspecified atom stereocenters. The molecule has 0 bridgehead atoms. The van der Waals surface area contributed by atoms with Gasteiger partial charge in [0.25, 0.3) is 5.69 Å². The van der Waals surface area contributed by atoms with Gasteiger partial charge >= 0.3 is 0 Å². The zero-order valence-electron chi connectivity index (χ0n) is 12.6. The fourth-order valence-electron chi connectivity index (χ4n) is 1.83. The van der Waals surface area contributed by atoms with E-state index in [4.69, 9.17) is 5.73 Å². The number of carbonyl (C=O) groups excluding carboxylic acids is 2. The van der Waals surface area contributed by atoms with Crippen LogP contribution in [0.15, 0.2) is 24.3 Å². The second-order valence-corrected chi connectivity index (χ2v) is 5.02. The second kappa shape index (κ2) is 8.08. The van der Waals surface area contributed by atoms with E-state index in [1.807, 2.05) is 13.8 Å². The summed E-state index contributed by atoms with van der Waals surface area (Å²) < 4.78 is 0. The van der Waals surface area contributed by atoms with Gasteiger partial charge in [-0.3, -0.25) is 19.7 Å². The number of carbonyl (C=O) groups is 2. The molecule has 0 fully saturated rings. The lowest BCUT2D eigenvalue weighted by Gasteiger charge is -2.27. The van der Waals surface area contributed by atoms with Crippen molar-refractivity contribution < 1.29 is 14.5 Å². The van der Waals surface area contributed by atoms with Gasteiger partial charge in [0.15, 0.2) is 0 Å². The number of benzene rings is 1. The Hall–Kier alpha value is -2.48. The Bertz CT molecular complexity index is 542. The standard InChI is InChI=1S/C14H20N4O4/c1-10(2)17(14(20)8-16-13(19)7-15)9-11-3-5-12(6-4-11)18(21)22/h3-6,10H,7-9,15H2,1-2H3,(H,16,19). The van der Waals surface area contributed by atoms with Crippen molar-refractivity contribution in [3.63, 3.8) is 0 Å². The zero-order valence-corrected chi connectivity index (χ0v) is 12.6. The van der Waals surface area contributed by atoms with E-state index in [1.165, 1.54) is 12.1 Å². The molecule has 0 aliphatic heterocycles. The summed E-state index contributed by atoms with van der Waals surface area (Å²) in [5.41, 5.74) is 5.94. The van der Waals surface area contributed by atoms with Gasteiger partial charge < -0.3 is 16.0 Å². The molecule has 0 atom stereocenters. The Balaban J connectivity index is 2.73. The highest BCUT2D eigenvalue weighted by Crippen LogP contribution is 2.14. The molecule has 0 heterocycles. The fraction of sp³-hybridized carbons (Fsp3) is 0.429. The van der Waals surface area contributed by atoms with Crippen LogP contribution < -0.4 is 11.1 Å². The number of amides is 2. The van der Waals surface area contributed by atoms with Crippen LogP contribution in [0.1, 0.15) is 19.4 Å². The maximum Gasteiger partial charge on any atom is 0.269 e. The number of non-ortho nitro benzene ring substituents is 1. The summed E-state index contributed by atoms with van der Waals surface area (Å²) in [6, 6.07) is 5.94. The number of nitro benzene ring substituents is 1. The molecule has 0 radical (unpaired) electrons. The van der Waals surface area contributed by atoms with E-state index >= 15 is 0 Å². The minimum atomic E-state index is -0.475. The molecule has 8 heteroatoms. The molecule has 8 nitrogen and oxygen atoms in total. The molecule has 1 aromatic carbocycles. The summed E-state index contributed by atoms with van der Waals surface area (Å²) in [7, 11) is 0. The average molecular weight is 308 g/mol. The minimum Gasteiger partial charge on any atom is -0.346 e. The van der Waals surface area contributed by atoms with Gasteiger partial charge in [-0.1, -0.05) is 12.1 Å². The van der Waals surface area contributed by atoms with Gasteiger partial charge in [0.2, 0.25) is 11.8 Å². The molecular weight excluding hydrogens is 288 g/mol. The van der Waals surface area contributed by atoms with Crippen molar-refractivity contribution in [2.24, 2.45) is 5.73 Å². The van der Waals surface area contributed by atoms with E-state index < -0.39 is 10.8 Å². The van der Waals surface area contributed by atoms with Crippen LogP contribution in [0, 0.1) is 10.1 Å². The Morgan fingerprint density at radius 2 is 1.91 bits per heavy atom. The van der Waals surface area contributed by atoms with Gasteiger partial charge in [-0.25, -0.2) is 0 Å². The minimum absolute atomic E-state index is 0.00128. The molecule has 22 heavy (non-hydrogen) atoms. The summed E-state index contributed by atoms with van der Waals surface area (Å²) in [6.07, 6.45) is 0. The van der Waals surface area contributed by atoms with E-state index in [2.05, 4.69) is 5.32 Å². The number of nitrogens with zero attached hydrogens (tertiary/aromatic N) is 2. The largest absolute Gasteiger partial charge is 0.346 e. The molecule has 0 aliphatic rings. The van der Waals surface area contributed by atoms with Crippen LogP contribution in [0.25, 0.3) is 0 Å². The maximum atomic E-state index is 12.1. The quantitative estimate of drug-likeness (QED) is 0.558. The number of hydrogen-bond donors (Lipinski definition) is 2. The lowest BCUT2D eigenvalue weighted by Crippen LogP contribution is -2.44. The highest BCUT2D eigenvalue weighted by atomic mass is 16.6. The smallest absolute Gasteiger partial charge is 0.269 e. The first-order chi connectivity index (χ1) is 10.3. The molecule has 0 spiro atoms. The fourth-order valence-corrected chi connectivity index (χ4v) is 1.83. The molecule has 1 aromatic rings. The van der Waals surface area contributed by atoms with Crippen LogP contribution in [-0.4, -0.2) is 40.8 Å². The Morgan fingerprint density at radius 3 is 2.36 bits per heavy atom. The molecule has 0 saturated carbocycles. The van der Waals surface area contributed by atoms with E-state index in [1.54, 1.807) is 17.0 Å². The Kier molecular flexibility index (Phi) is 6.46. The first-order valence-electron chi connectivity index (χ1n) is 6.84. The summed E-state index contributed by atoms with van der Waals surface area (Å²) in [6.45, 7) is 3.73. The first kappa shape index (κ1) is 17.6. The summed E-state index contributed by atoms with van der Waals surface area (Å²) in [4.78, 5) is 35.0. The maximum absolute atomic E-state index is 12.1. The topological polar surface area (TPSA) is 119 Å². The third-order valence-electron chi connectivity index (χ3n) is 3.07. The molecular formula is C14H20N4O4. The van der Waals surface area contributed by atoms with Crippen molar-refractivity contribution in [3.8, 4) is 0 Å². The van der Waals surface area contributed by atoms with Crippen molar-refractivity contribution in [2.45, 2.75) is 26.4 Å². The molecule has 120 valence electrons. The summed E-state index contributed by atoms with van der Waals surface area (Å²) >= 11 is 0. The third-order valence-corrected chi connectivity index (χ3v) is 3.07. The molecule has 0 saturated heterocycles. The highest BCUT2D eigenvalue weighted by molar-refractivity contribution is 5.85. The number of nitro groups is 1. The SMILES string of the molecule is CC(C)N(Cc1ccc([N+](=O)[O-])cc1)C(=O)CNC(=O)CN.